The van der Waals surface area contributed by atoms with Gasteiger partial charge in [-0.1, -0.05) is 0 Å². The lowest BCUT2D eigenvalue weighted by Crippen LogP contribution is -2.27. The highest BCUT2D eigenvalue weighted by Crippen LogP contribution is 2.52. The molecule has 0 aromatic heterocycles. The second-order valence-electron chi connectivity index (χ2n) is 17.3. The molecule has 0 saturated heterocycles. The van der Waals surface area contributed by atoms with Crippen LogP contribution in [0.15, 0.2) is 158 Å². The van der Waals surface area contributed by atoms with Crippen molar-refractivity contribution >= 4 is 47.4 Å². The quantitative estimate of drug-likeness (QED) is 0.0572. The number of hydrogen-bond acceptors (Lipinski definition) is 20. The maximum Gasteiger partial charge on any atom is 0.343 e. The molecule has 1 aliphatic rings. The van der Waals surface area contributed by atoms with Crippen LogP contribution in [0.25, 0.3) is 0 Å². The molecule has 0 atom stereocenters. The number of ether oxygens (including phenoxy) is 12. The van der Waals surface area contributed by atoms with E-state index in [2.05, 4.69) is 0 Å². The first kappa shape index (κ1) is 55.5. The number of fused-ring (bicyclic) bond motifs is 2. The minimum absolute atomic E-state index is 0.0942. The van der Waals surface area contributed by atoms with E-state index in [1.807, 2.05) is 0 Å². The summed E-state index contributed by atoms with van der Waals surface area (Å²) in [4.78, 5) is 117. The van der Waals surface area contributed by atoms with Crippen molar-refractivity contribution in [3.63, 3.8) is 0 Å². The molecule has 0 saturated carbocycles. The molecule has 20 nitrogen and oxygen atoms in total. The van der Waals surface area contributed by atoms with Gasteiger partial charge in [0.15, 0.2) is 34.6 Å². The minimum Gasteiger partial charge on any atom is -0.497 e. The highest BCUT2D eigenvalue weighted by molar-refractivity contribution is 6.32. The van der Waals surface area contributed by atoms with E-state index >= 15 is 9.59 Å². The molecular formula is C62H44O20. The lowest BCUT2D eigenvalue weighted by atomic mass is 9.82. The predicted octanol–water partition coefficient (Wildman–Crippen LogP) is 9.83. The number of benzene rings is 8. The summed E-state index contributed by atoms with van der Waals surface area (Å²) in [5.41, 5.74) is -3.67. The molecule has 1 aliphatic carbocycles. The number of rotatable bonds is 18. The first-order valence-corrected chi connectivity index (χ1v) is 24.3. The summed E-state index contributed by atoms with van der Waals surface area (Å²) in [6, 6.07) is 35.0. The maximum atomic E-state index is 15.8. The van der Waals surface area contributed by atoms with Gasteiger partial charge >= 0.3 is 35.8 Å². The van der Waals surface area contributed by atoms with Gasteiger partial charge in [0.1, 0.15) is 34.5 Å². The van der Waals surface area contributed by atoms with Crippen molar-refractivity contribution in [1.82, 2.24) is 0 Å². The number of carbonyl (C=O) groups is 8. The van der Waals surface area contributed by atoms with Gasteiger partial charge in [-0.05, 0) is 158 Å². The van der Waals surface area contributed by atoms with Crippen LogP contribution in [0.1, 0.15) is 94.0 Å². The lowest BCUT2D eigenvalue weighted by molar-refractivity contribution is 0.0650. The largest absolute Gasteiger partial charge is 0.497 e. The third-order valence-electron chi connectivity index (χ3n) is 12.5. The predicted molar refractivity (Wildman–Crippen MR) is 287 cm³/mol. The van der Waals surface area contributed by atoms with Crippen LogP contribution in [0.5, 0.6) is 69.0 Å². The van der Waals surface area contributed by atoms with E-state index in [1.165, 1.54) is 188 Å². The van der Waals surface area contributed by atoms with Crippen LogP contribution in [-0.4, -0.2) is 90.0 Å². The Balaban J connectivity index is 1.31. The van der Waals surface area contributed by atoms with Gasteiger partial charge in [-0.3, -0.25) is 9.59 Å². The van der Waals surface area contributed by atoms with Gasteiger partial charge in [-0.15, -0.1) is 0 Å². The van der Waals surface area contributed by atoms with Crippen LogP contribution in [0.3, 0.4) is 0 Å². The zero-order valence-corrected chi connectivity index (χ0v) is 44.2. The Morgan fingerprint density at radius 3 is 0.634 bits per heavy atom. The van der Waals surface area contributed by atoms with Crippen LogP contribution in [0.2, 0.25) is 0 Å². The molecule has 82 heavy (non-hydrogen) atoms. The highest BCUT2D eigenvalue weighted by atomic mass is 16.6. The van der Waals surface area contributed by atoms with Crippen molar-refractivity contribution in [1.29, 1.82) is 0 Å². The molecule has 0 aliphatic heterocycles. The molecule has 8 aromatic carbocycles. The van der Waals surface area contributed by atoms with E-state index in [0.29, 0.717) is 34.5 Å². The van der Waals surface area contributed by atoms with Gasteiger partial charge in [0.2, 0.25) is 11.5 Å². The Morgan fingerprint density at radius 2 is 0.439 bits per heavy atom. The standard InChI is InChI=1S/C62H44O20/c1-71-39-19-7-33(8-20-39)57(65)77-47-31-45-49(55(81-61(69)37-15-27-43(75-5)28-16-37)53(47)79-59(67)35-11-23-41(73-3)24-12-35)52(64)46-32-48(78-58(66)34-9-21-40(72-2)22-10-34)54(80-60(68)36-13-25-42(74-4)26-14-36)56(50(46)51(45)63)82-62(70)38-17-29-44(76-6)30-18-38/h7-32H,1-6H3. The molecule has 0 amide bonds. The van der Waals surface area contributed by atoms with Crippen LogP contribution < -0.4 is 56.8 Å². The number of carbonyl (C=O) groups excluding carboxylic acids is 8. The summed E-state index contributed by atoms with van der Waals surface area (Å²) in [7, 11) is 8.41. The summed E-state index contributed by atoms with van der Waals surface area (Å²) >= 11 is 0. The summed E-state index contributed by atoms with van der Waals surface area (Å²) in [5, 5.41) is 0. The Labute approximate surface area is 466 Å². The number of ketones is 2. The van der Waals surface area contributed by atoms with Crippen molar-refractivity contribution in [2.45, 2.75) is 0 Å². The van der Waals surface area contributed by atoms with Gasteiger partial charge in [-0.2, -0.15) is 0 Å². The van der Waals surface area contributed by atoms with Gasteiger partial charge in [0.25, 0.3) is 0 Å². The zero-order chi connectivity index (χ0) is 58.2. The van der Waals surface area contributed by atoms with Crippen LogP contribution in [0, 0.1) is 0 Å². The summed E-state index contributed by atoms with van der Waals surface area (Å²) in [6.07, 6.45) is 0. The van der Waals surface area contributed by atoms with Gasteiger partial charge < -0.3 is 56.8 Å². The average molecular weight is 1110 g/mol. The molecule has 20 heteroatoms. The molecule has 0 radical (unpaired) electrons. The second-order valence-corrected chi connectivity index (χ2v) is 17.3. The number of methoxy groups -OCH3 is 6. The molecule has 0 unspecified atom stereocenters. The van der Waals surface area contributed by atoms with E-state index in [-0.39, 0.29) is 33.4 Å². The first-order valence-electron chi connectivity index (χ1n) is 24.3. The van der Waals surface area contributed by atoms with Crippen molar-refractivity contribution in [3.8, 4) is 69.0 Å². The summed E-state index contributed by atoms with van der Waals surface area (Å²) in [5.74, 6) is -12.3. The van der Waals surface area contributed by atoms with E-state index in [0.717, 1.165) is 12.1 Å². The fraction of sp³-hybridized carbons (Fsp3) is 0.0968. The fourth-order valence-corrected chi connectivity index (χ4v) is 8.14. The van der Waals surface area contributed by atoms with Crippen molar-refractivity contribution < 1.29 is 95.2 Å². The summed E-state index contributed by atoms with van der Waals surface area (Å²) < 4.78 is 67.3. The molecule has 0 fully saturated rings. The third-order valence-corrected chi connectivity index (χ3v) is 12.5. The molecular weight excluding hydrogens is 1060 g/mol. The van der Waals surface area contributed by atoms with E-state index < -0.39 is 104 Å². The van der Waals surface area contributed by atoms with Gasteiger partial charge in [0.05, 0.1) is 87.2 Å². The number of hydrogen-bond donors (Lipinski definition) is 0. The van der Waals surface area contributed by atoms with Gasteiger partial charge in [0, 0.05) is 11.1 Å². The molecule has 412 valence electrons. The molecule has 0 spiro atoms. The first-order chi connectivity index (χ1) is 39.6. The van der Waals surface area contributed by atoms with E-state index in [1.54, 1.807) is 0 Å². The van der Waals surface area contributed by atoms with Crippen molar-refractivity contribution in [2.24, 2.45) is 0 Å². The second kappa shape index (κ2) is 24.2. The van der Waals surface area contributed by atoms with Crippen LogP contribution >= 0.6 is 0 Å². The van der Waals surface area contributed by atoms with Crippen molar-refractivity contribution in [3.05, 3.63) is 213 Å². The number of esters is 6. The lowest BCUT2D eigenvalue weighted by Gasteiger charge is -2.26. The maximum absolute atomic E-state index is 15.8. The normalized spacial score (nSPS) is 11.1. The third kappa shape index (κ3) is 11.6. The fourth-order valence-electron chi connectivity index (χ4n) is 8.14. The Kier molecular flexibility index (Phi) is 16.3. The highest BCUT2D eigenvalue weighted by Gasteiger charge is 2.43. The smallest absolute Gasteiger partial charge is 0.343 e. The van der Waals surface area contributed by atoms with Crippen LogP contribution in [-0.2, 0) is 0 Å². The monoisotopic (exact) mass is 1110 g/mol. The average Bonchev–Trinajstić information content (AvgIpc) is 3.18. The molecule has 0 N–H and O–H groups in total. The van der Waals surface area contributed by atoms with E-state index in [9.17, 15) is 28.8 Å². The molecule has 0 heterocycles. The molecule has 9 rings (SSSR count). The topological polar surface area (TPSA) is 247 Å². The SMILES string of the molecule is COc1ccc(C(=O)Oc2cc3c(c(OC(=O)c4ccc(OC)cc4)c2OC(=O)c2ccc(OC)cc2)C(=O)c2cc(OC(=O)c4ccc(OC)cc4)c(OC(=O)c4ccc(OC)cc4)c(OC(=O)c4ccc(OC)cc4)c2C3=O)cc1. The zero-order valence-electron chi connectivity index (χ0n) is 44.2. The van der Waals surface area contributed by atoms with Gasteiger partial charge in [-0.25, -0.2) is 28.8 Å². The van der Waals surface area contributed by atoms with Crippen LogP contribution in [0.4, 0.5) is 0 Å². The Morgan fingerprint density at radius 1 is 0.256 bits per heavy atom. The summed E-state index contributed by atoms with van der Waals surface area (Å²) in [6.45, 7) is 0. The molecule has 0 bridgehead atoms. The van der Waals surface area contributed by atoms with Crippen molar-refractivity contribution in [2.75, 3.05) is 42.7 Å². The van der Waals surface area contributed by atoms with E-state index in [4.69, 9.17) is 56.8 Å². The Bertz CT molecular complexity index is 3560. The Hall–Kier alpha value is -11.3. The molecule has 8 aromatic rings. The minimum atomic E-state index is -1.23.